The number of piperidine rings is 1. The summed E-state index contributed by atoms with van der Waals surface area (Å²) in [5.74, 6) is -1.86. The lowest BCUT2D eigenvalue weighted by Gasteiger charge is -2.34. The summed E-state index contributed by atoms with van der Waals surface area (Å²) in [7, 11) is 0. The van der Waals surface area contributed by atoms with E-state index in [4.69, 9.17) is 16.0 Å². The predicted octanol–water partition coefficient (Wildman–Crippen LogP) is 2.58. The molecule has 3 heterocycles. The van der Waals surface area contributed by atoms with Crippen LogP contribution in [0.4, 0.5) is 6.01 Å². The molecule has 4 N–H and O–H groups in total. The molecule has 1 fully saturated rings. The van der Waals surface area contributed by atoms with Crippen molar-refractivity contribution in [3.8, 4) is 0 Å². The van der Waals surface area contributed by atoms with E-state index in [1.807, 2.05) is 17.9 Å². The highest BCUT2D eigenvalue weighted by Gasteiger charge is 2.33. The molecule has 246 valence electrons. The molecule has 46 heavy (non-hydrogen) atoms. The fourth-order valence-electron chi connectivity index (χ4n) is 5.99. The standard InChI is InChI=1S/C33H41ClN6O6/c1-19-6-7-24-15-23(19)5-4-12-35-28(42)18-40(17-20(2)36-31(44)29(21(3)41)38-30(24)43)32(45)22-10-13-39(14-11-22)33-37-26-9-8-25(34)16-27(26)46-33/h6-9,15-16,20-22,29,41H,4-5,10-14,17-18H2,1-3H3,(H,35,42)(H,36,44)(H,38,43)/t20-,21-,29+/m1/s1. The van der Waals surface area contributed by atoms with E-state index in [-0.39, 0.29) is 30.8 Å². The van der Waals surface area contributed by atoms with Gasteiger partial charge in [0, 0.05) is 54.8 Å². The Morgan fingerprint density at radius 2 is 1.87 bits per heavy atom. The van der Waals surface area contributed by atoms with Crippen LogP contribution in [-0.2, 0) is 20.8 Å². The van der Waals surface area contributed by atoms with Gasteiger partial charge in [-0.15, -0.1) is 0 Å². The number of benzene rings is 2. The Labute approximate surface area is 272 Å². The van der Waals surface area contributed by atoms with Crippen molar-refractivity contribution in [3.63, 3.8) is 0 Å². The Kier molecular flexibility index (Phi) is 10.5. The largest absolute Gasteiger partial charge is 0.423 e. The van der Waals surface area contributed by atoms with E-state index in [0.29, 0.717) is 73.0 Å². The number of carbonyl (C=O) groups is 4. The van der Waals surface area contributed by atoms with E-state index < -0.39 is 30.0 Å². The van der Waals surface area contributed by atoms with Crippen molar-refractivity contribution in [2.75, 3.05) is 37.6 Å². The molecule has 1 saturated heterocycles. The van der Waals surface area contributed by atoms with Gasteiger partial charge in [0.05, 0.1) is 12.6 Å². The predicted molar refractivity (Wildman–Crippen MR) is 174 cm³/mol. The lowest BCUT2D eigenvalue weighted by molar-refractivity contribution is -0.140. The van der Waals surface area contributed by atoms with Crippen LogP contribution in [0.25, 0.3) is 11.1 Å². The van der Waals surface area contributed by atoms with Crippen molar-refractivity contribution in [1.29, 1.82) is 0 Å². The topological polar surface area (TPSA) is 157 Å². The van der Waals surface area contributed by atoms with Crippen molar-refractivity contribution in [1.82, 2.24) is 25.8 Å². The third-order valence-electron chi connectivity index (χ3n) is 8.59. The summed E-state index contributed by atoms with van der Waals surface area (Å²) in [6.07, 6.45) is 1.16. The molecule has 3 atom stereocenters. The normalized spacial score (nSPS) is 21.7. The van der Waals surface area contributed by atoms with Crippen molar-refractivity contribution >= 4 is 52.3 Å². The monoisotopic (exact) mass is 652 g/mol. The van der Waals surface area contributed by atoms with Gasteiger partial charge in [0.15, 0.2) is 5.58 Å². The maximum atomic E-state index is 13.9. The van der Waals surface area contributed by atoms with Crippen LogP contribution >= 0.6 is 11.6 Å². The molecule has 2 aliphatic rings. The van der Waals surface area contributed by atoms with Gasteiger partial charge in [-0.1, -0.05) is 17.7 Å². The molecule has 2 bridgehead atoms. The van der Waals surface area contributed by atoms with E-state index >= 15 is 0 Å². The molecule has 0 aliphatic carbocycles. The zero-order chi connectivity index (χ0) is 33.0. The number of hydrogen-bond donors (Lipinski definition) is 4. The number of carbonyl (C=O) groups excluding carboxylic acids is 4. The lowest BCUT2D eigenvalue weighted by atomic mass is 9.95. The van der Waals surface area contributed by atoms with Crippen LogP contribution in [-0.4, -0.2) is 89.5 Å². The van der Waals surface area contributed by atoms with Crippen LogP contribution in [0, 0.1) is 12.8 Å². The molecule has 4 amide bonds. The van der Waals surface area contributed by atoms with Crippen molar-refractivity contribution in [2.24, 2.45) is 5.92 Å². The molecule has 5 rings (SSSR count). The number of rotatable bonds is 3. The first-order valence-corrected chi connectivity index (χ1v) is 16.1. The number of fused-ring (bicyclic) bond motifs is 3. The van der Waals surface area contributed by atoms with Gasteiger partial charge < -0.3 is 35.3 Å². The SMILES string of the molecule is Cc1ccc2cc1CCCNC(=O)CN(C(=O)C1CCN(c3nc4ccc(Cl)cc4o3)CC1)C[C@@H](C)NC(=O)[C@H]([C@@H](C)O)NC2=O. The highest BCUT2D eigenvalue weighted by molar-refractivity contribution is 6.31. The number of aliphatic hydroxyl groups is 1. The number of hydrogen-bond acceptors (Lipinski definition) is 8. The molecule has 0 unspecified atom stereocenters. The van der Waals surface area contributed by atoms with Crippen LogP contribution < -0.4 is 20.9 Å². The van der Waals surface area contributed by atoms with Crippen LogP contribution in [0.3, 0.4) is 0 Å². The van der Waals surface area contributed by atoms with Gasteiger partial charge in [0.1, 0.15) is 11.6 Å². The van der Waals surface area contributed by atoms with Crippen molar-refractivity contribution in [2.45, 2.75) is 64.6 Å². The average molecular weight is 653 g/mol. The number of aromatic nitrogens is 1. The molecule has 2 aromatic carbocycles. The first-order chi connectivity index (χ1) is 22.0. The van der Waals surface area contributed by atoms with Crippen LogP contribution in [0.2, 0.25) is 5.02 Å². The summed E-state index contributed by atoms with van der Waals surface area (Å²) in [4.78, 5) is 61.3. The number of halogens is 1. The minimum absolute atomic E-state index is 0.0740. The second-order valence-corrected chi connectivity index (χ2v) is 12.7. The Morgan fingerprint density at radius 3 is 2.61 bits per heavy atom. The first-order valence-electron chi connectivity index (χ1n) is 15.7. The third kappa shape index (κ3) is 7.97. The first kappa shape index (κ1) is 33.2. The quantitative estimate of drug-likeness (QED) is 0.336. The third-order valence-corrected chi connectivity index (χ3v) is 8.83. The van der Waals surface area contributed by atoms with Gasteiger partial charge in [0.25, 0.3) is 11.9 Å². The number of amides is 4. The number of nitrogens with zero attached hydrogens (tertiary/aromatic N) is 3. The van der Waals surface area contributed by atoms with Gasteiger partial charge in [-0.05, 0) is 81.8 Å². The zero-order valence-electron chi connectivity index (χ0n) is 26.3. The van der Waals surface area contributed by atoms with Crippen LogP contribution in [0.15, 0.2) is 40.8 Å². The lowest BCUT2D eigenvalue weighted by Crippen LogP contribution is -2.56. The highest BCUT2D eigenvalue weighted by Crippen LogP contribution is 2.28. The molecule has 13 heteroatoms. The van der Waals surface area contributed by atoms with E-state index in [1.165, 1.54) is 11.8 Å². The van der Waals surface area contributed by atoms with Crippen molar-refractivity contribution < 1.29 is 28.7 Å². The zero-order valence-corrected chi connectivity index (χ0v) is 27.1. The molecular weight excluding hydrogens is 612 g/mol. The summed E-state index contributed by atoms with van der Waals surface area (Å²) < 4.78 is 5.91. The summed E-state index contributed by atoms with van der Waals surface area (Å²) >= 11 is 6.09. The summed E-state index contributed by atoms with van der Waals surface area (Å²) in [5.41, 5.74) is 3.62. The fourth-order valence-corrected chi connectivity index (χ4v) is 6.15. The molecule has 0 saturated carbocycles. The Morgan fingerprint density at radius 1 is 1.11 bits per heavy atom. The summed E-state index contributed by atoms with van der Waals surface area (Å²) in [5, 5.41) is 19.3. The minimum Gasteiger partial charge on any atom is -0.423 e. The smallest absolute Gasteiger partial charge is 0.298 e. The number of nitrogens with one attached hydrogen (secondary N) is 3. The summed E-state index contributed by atoms with van der Waals surface area (Å²) in [6, 6.07) is 9.25. The Bertz CT molecular complexity index is 1600. The second-order valence-electron chi connectivity index (χ2n) is 12.3. The maximum absolute atomic E-state index is 13.9. The summed E-state index contributed by atoms with van der Waals surface area (Å²) in [6.45, 7) is 6.50. The van der Waals surface area contributed by atoms with Crippen molar-refractivity contribution in [3.05, 3.63) is 58.1 Å². The molecule has 1 aromatic heterocycles. The van der Waals surface area contributed by atoms with E-state index in [0.717, 1.165) is 11.1 Å². The van der Waals surface area contributed by atoms with Gasteiger partial charge in [0.2, 0.25) is 17.7 Å². The maximum Gasteiger partial charge on any atom is 0.298 e. The molecule has 12 nitrogen and oxygen atoms in total. The second kappa shape index (κ2) is 14.5. The molecule has 3 aromatic rings. The fraction of sp³-hybridized carbons (Fsp3) is 0.485. The van der Waals surface area contributed by atoms with Gasteiger partial charge in [-0.25, -0.2) is 0 Å². The number of aliphatic hydroxyl groups excluding tert-OH is 1. The minimum atomic E-state index is -1.21. The molecule has 0 spiro atoms. The molecular formula is C33H41ClN6O6. The van der Waals surface area contributed by atoms with Gasteiger partial charge >= 0.3 is 0 Å². The number of oxazole rings is 1. The van der Waals surface area contributed by atoms with Crippen LogP contribution in [0.1, 0.15) is 54.6 Å². The Hall–Kier alpha value is -4.16. The van der Waals surface area contributed by atoms with Gasteiger partial charge in [-0.3, -0.25) is 19.2 Å². The van der Waals surface area contributed by atoms with Gasteiger partial charge in [-0.2, -0.15) is 4.98 Å². The van der Waals surface area contributed by atoms with E-state index in [9.17, 15) is 24.3 Å². The van der Waals surface area contributed by atoms with E-state index in [1.54, 1.807) is 37.3 Å². The highest BCUT2D eigenvalue weighted by atomic mass is 35.5. The molecule has 2 aliphatic heterocycles. The molecule has 0 radical (unpaired) electrons. The number of aryl methyl sites for hydroxylation is 2. The number of anilines is 1. The average Bonchev–Trinajstić information content (AvgIpc) is 3.44. The van der Waals surface area contributed by atoms with E-state index in [2.05, 4.69) is 20.9 Å². The Balaban J connectivity index is 1.29. The van der Waals surface area contributed by atoms with Crippen LogP contribution in [0.5, 0.6) is 0 Å².